The van der Waals surface area contributed by atoms with E-state index in [9.17, 15) is 9.59 Å². The Labute approximate surface area is 165 Å². The molecule has 0 bridgehead atoms. The van der Waals surface area contributed by atoms with Crippen molar-refractivity contribution >= 4 is 52.4 Å². The number of thioether (sulfide) groups is 1. The number of carbonyl (C=O) groups is 2. The first-order valence-corrected chi connectivity index (χ1v) is 9.39. The Kier molecular flexibility index (Phi) is 6.16. The quantitative estimate of drug-likeness (QED) is 0.386. The summed E-state index contributed by atoms with van der Waals surface area (Å²) in [5, 5.41) is 1.02. The number of amides is 2. The summed E-state index contributed by atoms with van der Waals surface area (Å²) in [5.41, 5.74) is 7.80. The van der Waals surface area contributed by atoms with Crippen molar-refractivity contribution in [3.63, 3.8) is 0 Å². The van der Waals surface area contributed by atoms with Crippen LogP contribution in [0, 0.1) is 6.92 Å². The van der Waals surface area contributed by atoms with Gasteiger partial charge in [0.2, 0.25) is 5.91 Å². The van der Waals surface area contributed by atoms with Crippen molar-refractivity contribution in [1.29, 1.82) is 0 Å². The minimum absolute atomic E-state index is 0.0599. The number of fused-ring (bicyclic) bond motifs is 1. The van der Waals surface area contributed by atoms with Gasteiger partial charge < -0.3 is 4.42 Å². The molecule has 0 fully saturated rings. The van der Waals surface area contributed by atoms with E-state index in [2.05, 4.69) is 15.8 Å². The van der Waals surface area contributed by atoms with Crippen molar-refractivity contribution in [2.24, 2.45) is 0 Å². The number of rotatable bonds is 5. The van der Waals surface area contributed by atoms with Gasteiger partial charge >= 0.3 is 0 Å². The van der Waals surface area contributed by atoms with Gasteiger partial charge in [-0.25, -0.2) is 4.98 Å². The van der Waals surface area contributed by atoms with Gasteiger partial charge in [-0.1, -0.05) is 47.6 Å². The Morgan fingerprint density at radius 3 is 2.81 bits per heavy atom. The van der Waals surface area contributed by atoms with Crippen molar-refractivity contribution in [3.05, 3.63) is 64.7 Å². The number of aromatic nitrogens is 1. The van der Waals surface area contributed by atoms with Crippen LogP contribution in [0.1, 0.15) is 11.1 Å². The summed E-state index contributed by atoms with van der Waals surface area (Å²) in [7, 11) is 0. The van der Waals surface area contributed by atoms with Crippen molar-refractivity contribution in [2.45, 2.75) is 12.1 Å². The zero-order valence-electron chi connectivity index (χ0n) is 14.4. The molecule has 2 N–H and O–H groups in total. The summed E-state index contributed by atoms with van der Waals surface area (Å²) >= 11 is 7.18. The van der Waals surface area contributed by atoms with Crippen molar-refractivity contribution in [3.8, 4) is 0 Å². The highest BCUT2D eigenvalue weighted by Gasteiger charge is 2.09. The van der Waals surface area contributed by atoms with Crippen molar-refractivity contribution < 1.29 is 14.0 Å². The fourth-order valence-corrected chi connectivity index (χ4v) is 2.96. The Balaban J connectivity index is 1.44. The highest BCUT2D eigenvalue weighted by Crippen LogP contribution is 2.22. The molecule has 1 heterocycles. The molecule has 27 heavy (non-hydrogen) atoms. The standard InChI is InChI=1S/C19H16ClN3O3S/c1-12-6-7-13(10-14(12)20)8-9-17(24)22-23-18(25)11-27-19-21-15-4-2-3-5-16(15)26-19/h2-10H,11H2,1H3,(H,22,24)(H,23,25)/b9-8+. The Morgan fingerprint density at radius 2 is 2.04 bits per heavy atom. The van der Waals surface area contributed by atoms with Crippen LogP contribution in [0.25, 0.3) is 17.2 Å². The number of benzene rings is 2. The van der Waals surface area contributed by atoms with Crippen LogP contribution in [0.5, 0.6) is 0 Å². The molecule has 0 atom stereocenters. The van der Waals surface area contributed by atoms with Crippen LogP contribution in [-0.4, -0.2) is 22.6 Å². The molecule has 0 aliphatic rings. The lowest BCUT2D eigenvalue weighted by Crippen LogP contribution is -2.41. The summed E-state index contributed by atoms with van der Waals surface area (Å²) in [6.45, 7) is 1.90. The third-order valence-corrected chi connectivity index (χ3v) is 4.78. The third kappa shape index (κ3) is 5.35. The predicted molar refractivity (Wildman–Crippen MR) is 106 cm³/mol. The number of halogens is 1. The van der Waals surface area contributed by atoms with Crippen LogP contribution in [0.15, 0.2) is 58.2 Å². The first-order valence-electron chi connectivity index (χ1n) is 8.03. The number of hydrogen-bond acceptors (Lipinski definition) is 5. The number of aryl methyl sites for hydroxylation is 1. The van der Waals surface area contributed by atoms with Gasteiger partial charge in [0.05, 0.1) is 5.75 Å². The molecule has 2 amide bonds. The molecule has 0 saturated carbocycles. The Bertz CT molecular complexity index is 983. The number of carbonyl (C=O) groups excluding carboxylic acids is 2. The molecule has 6 nitrogen and oxygen atoms in total. The summed E-state index contributed by atoms with van der Waals surface area (Å²) in [6.07, 6.45) is 2.93. The van der Waals surface area contributed by atoms with Crippen molar-refractivity contribution in [1.82, 2.24) is 15.8 Å². The van der Waals surface area contributed by atoms with Crippen LogP contribution < -0.4 is 10.9 Å². The molecule has 0 spiro atoms. The smallest absolute Gasteiger partial charge is 0.262 e. The largest absolute Gasteiger partial charge is 0.431 e. The Hall–Kier alpha value is -2.77. The van der Waals surface area contributed by atoms with E-state index in [1.807, 2.05) is 37.3 Å². The normalized spacial score (nSPS) is 11.0. The van der Waals surface area contributed by atoms with Gasteiger partial charge in [0.1, 0.15) is 5.52 Å². The fraction of sp³-hybridized carbons (Fsp3) is 0.105. The molecular weight excluding hydrogens is 386 g/mol. The monoisotopic (exact) mass is 401 g/mol. The fourth-order valence-electron chi connectivity index (χ4n) is 2.13. The lowest BCUT2D eigenvalue weighted by molar-refractivity contribution is -0.125. The van der Waals surface area contributed by atoms with Gasteiger partial charge in [-0.15, -0.1) is 0 Å². The first kappa shape index (κ1) is 19.0. The maximum absolute atomic E-state index is 11.8. The topological polar surface area (TPSA) is 84.2 Å². The first-order chi connectivity index (χ1) is 13.0. The van der Waals surface area contributed by atoms with E-state index in [-0.39, 0.29) is 11.7 Å². The molecular formula is C19H16ClN3O3S. The number of hydrogen-bond donors (Lipinski definition) is 2. The molecule has 0 aliphatic heterocycles. The van der Waals surface area contributed by atoms with Crippen LogP contribution in [0.4, 0.5) is 0 Å². The molecule has 3 aromatic rings. The SMILES string of the molecule is Cc1ccc(/C=C/C(=O)NNC(=O)CSc2nc3ccccc3o2)cc1Cl. The maximum Gasteiger partial charge on any atom is 0.262 e. The second-order valence-corrected chi connectivity index (χ2v) is 6.95. The van der Waals surface area contributed by atoms with Gasteiger partial charge in [-0.2, -0.15) is 0 Å². The molecule has 3 rings (SSSR count). The summed E-state index contributed by atoms with van der Waals surface area (Å²) in [4.78, 5) is 27.9. The zero-order chi connectivity index (χ0) is 19.2. The maximum atomic E-state index is 11.8. The average molecular weight is 402 g/mol. The summed E-state index contributed by atoms with van der Waals surface area (Å²) in [6, 6.07) is 12.8. The molecule has 8 heteroatoms. The number of hydrazine groups is 1. The van der Waals surface area contributed by atoms with E-state index < -0.39 is 5.91 Å². The summed E-state index contributed by atoms with van der Waals surface area (Å²) < 4.78 is 5.51. The van der Waals surface area contributed by atoms with E-state index in [4.69, 9.17) is 16.0 Å². The second kappa shape index (κ2) is 8.75. The van der Waals surface area contributed by atoms with Crippen molar-refractivity contribution in [2.75, 3.05) is 5.75 Å². The lowest BCUT2D eigenvalue weighted by atomic mass is 10.1. The number of para-hydroxylation sites is 2. The van der Waals surface area contributed by atoms with E-state index in [0.717, 1.165) is 28.4 Å². The van der Waals surface area contributed by atoms with Gasteiger partial charge in [-0.05, 0) is 42.3 Å². The van der Waals surface area contributed by atoms with Crippen LogP contribution in [0.3, 0.4) is 0 Å². The van der Waals surface area contributed by atoms with E-state index >= 15 is 0 Å². The molecule has 1 aromatic heterocycles. The lowest BCUT2D eigenvalue weighted by Gasteiger charge is -2.04. The molecule has 0 radical (unpaired) electrons. The molecule has 138 valence electrons. The number of nitrogens with zero attached hydrogens (tertiary/aromatic N) is 1. The molecule has 2 aromatic carbocycles. The highest BCUT2D eigenvalue weighted by molar-refractivity contribution is 7.99. The van der Waals surface area contributed by atoms with E-state index in [1.165, 1.54) is 6.08 Å². The molecule has 0 aliphatic carbocycles. The van der Waals surface area contributed by atoms with Gasteiger partial charge in [0, 0.05) is 11.1 Å². The highest BCUT2D eigenvalue weighted by atomic mass is 35.5. The van der Waals surface area contributed by atoms with Crippen LogP contribution in [0.2, 0.25) is 5.02 Å². The van der Waals surface area contributed by atoms with E-state index in [0.29, 0.717) is 15.8 Å². The van der Waals surface area contributed by atoms with Crippen LogP contribution in [-0.2, 0) is 9.59 Å². The number of oxazole rings is 1. The average Bonchev–Trinajstić information content (AvgIpc) is 3.08. The number of nitrogens with one attached hydrogen (secondary N) is 2. The van der Waals surface area contributed by atoms with E-state index in [1.54, 1.807) is 18.2 Å². The summed E-state index contributed by atoms with van der Waals surface area (Å²) in [5.74, 6) is -0.765. The minimum Gasteiger partial charge on any atom is -0.431 e. The second-order valence-electron chi connectivity index (χ2n) is 5.62. The predicted octanol–water partition coefficient (Wildman–Crippen LogP) is 3.74. The minimum atomic E-state index is -0.452. The Morgan fingerprint density at radius 1 is 1.22 bits per heavy atom. The molecule has 0 unspecified atom stereocenters. The zero-order valence-corrected chi connectivity index (χ0v) is 15.9. The van der Waals surface area contributed by atoms with Gasteiger partial charge in [0.25, 0.3) is 11.1 Å². The molecule has 0 saturated heterocycles. The third-order valence-electron chi connectivity index (χ3n) is 3.55. The van der Waals surface area contributed by atoms with Gasteiger partial charge in [-0.3, -0.25) is 20.4 Å². The van der Waals surface area contributed by atoms with Crippen LogP contribution >= 0.6 is 23.4 Å². The van der Waals surface area contributed by atoms with Gasteiger partial charge in [0.15, 0.2) is 5.58 Å².